The van der Waals surface area contributed by atoms with Crippen LogP contribution in [0.4, 0.5) is 0 Å². The van der Waals surface area contributed by atoms with Crippen LogP contribution >= 0.6 is 0 Å². The lowest BCUT2D eigenvalue weighted by molar-refractivity contribution is -0.120. The fourth-order valence-electron chi connectivity index (χ4n) is 1.35. The first kappa shape index (κ1) is 11.7. The SMILES string of the molecule is CC(C)CNC(C(N)=O)c1cncn1C. The molecule has 0 aromatic carbocycles. The van der Waals surface area contributed by atoms with Crippen LogP contribution in [-0.4, -0.2) is 22.0 Å². The number of rotatable bonds is 5. The Balaban J connectivity index is 2.75. The number of nitrogens with two attached hydrogens (primary N) is 1. The summed E-state index contributed by atoms with van der Waals surface area (Å²) in [6, 6.07) is -0.458. The molecule has 0 aliphatic heterocycles. The lowest BCUT2D eigenvalue weighted by Gasteiger charge is -2.17. The number of carbonyl (C=O) groups is 1. The van der Waals surface area contributed by atoms with Gasteiger partial charge in [0.2, 0.25) is 5.91 Å². The Hall–Kier alpha value is -1.36. The molecular weight excluding hydrogens is 192 g/mol. The first-order valence-electron chi connectivity index (χ1n) is 5.01. The Kier molecular flexibility index (Phi) is 3.85. The summed E-state index contributed by atoms with van der Waals surface area (Å²) < 4.78 is 1.79. The van der Waals surface area contributed by atoms with Gasteiger partial charge in [0.05, 0.1) is 18.2 Å². The molecule has 1 heterocycles. The minimum Gasteiger partial charge on any atom is -0.368 e. The molecule has 1 amide bonds. The van der Waals surface area contributed by atoms with E-state index in [9.17, 15) is 4.79 Å². The van der Waals surface area contributed by atoms with Crippen molar-refractivity contribution in [3.63, 3.8) is 0 Å². The van der Waals surface area contributed by atoms with Gasteiger partial charge in [-0.2, -0.15) is 0 Å². The Labute approximate surface area is 89.7 Å². The number of primary amides is 1. The van der Waals surface area contributed by atoms with E-state index >= 15 is 0 Å². The summed E-state index contributed by atoms with van der Waals surface area (Å²) in [5, 5.41) is 3.13. The van der Waals surface area contributed by atoms with Crippen LogP contribution in [0.25, 0.3) is 0 Å². The molecule has 15 heavy (non-hydrogen) atoms. The second kappa shape index (κ2) is 4.93. The second-order valence-electron chi connectivity index (χ2n) is 4.07. The molecule has 1 atom stereocenters. The van der Waals surface area contributed by atoms with Gasteiger partial charge in [0.25, 0.3) is 0 Å². The van der Waals surface area contributed by atoms with Crippen molar-refractivity contribution in [3.8, 4) is 0 Å². The molecule has 0 radical (unpaired) electrons. The van der Waals surface area contributed by atoms with E-state index in [1.54, 1.807) is 17.1 Å². The Morgan fingerprint density at radius 1 is 1.67 bits per heavy atom. The van der Waals surface area contributed by atoms with Gasteiger partial charge in [0, 0.05) is 7.05 Å². The Morgan fingerprint density at radius 2 is 2.33 bits per heavy atom. The predicted octanol–water partition coefficient (Wildman–Crippen LogP) is 0.192. The maximum atomic E-state index is 11.3. The molecular formula is C10H18N4O. The van der Waals surface area contributed by atoms with Crippen molar-refractivity contribution in [2.75, 3.05) is 6.54 Å². The van der Waals surface area contributed by atoms with Crippen LogP contribution in [0.5, 0.6) is 0 Å². The lowest BCUT2D eigenvalue weighted by atomic mass is 10.1. The zero-order chi connectivity index (χ0) is 11.4. The quantitative estimate of drug-likeness (QED) is 0.728. The van der Waals surface area contributed by atoms with Crippen molar-refractivity contribution in [3.05, 3.63) is 18.2 Å². The number of aryl methyl sites for hydroxylation is 1. The van der Waals surface area contributed by atoms with E-state index in [1.807, 2.05) is 7.05 Å². The number of hydrogen-bond donors (Lipinski definition) is 2. The molecule has 0 saturated heterocycles. The summed E-state index contributed by atoms with van der Waals surface area (Å²) in [4.78, 5) is 15.2. The van der Waals surface area contributed by atoms with Gasteiger partial charge in [-0.15, -0.1) is 0 Å². The molecule has 0 spiro atoms. The highest BCUT2D eigenvalue weighted by atomic mass is 16.1. The third-order valence-corrected chi connectivity index (χ3v) is 2.16. The number of nitrogens with zero attached hydrogens (tertiary/aromatic N) is 2. The van der Waals surface area contributed by atoms with Crippen LogP contribution in [0.2, 0.25) is 0 Å². The van der Waals surface area contributed by atoms with Gasteiger partial charge in [-0.05, 0) is 12.5 Å². The normalized spacial score (nSPS) is 13.1. The van der Waals surface area contributed by atoms with Gasteiger partial charge in [-0.3, -0.25) is 4.79 Å². The highest BCUT2D eigenvalue weighted by molar-refractivity contribution is 5.80. The van der Waals surface area contributed by atoms with Crippen molar-refractivity contribution in [2.24, 2.45) is 18.7 Å². The summed E-state index contributed by atoms with van der Waals surface area (Å²) in [6.07, 6.45) is 3.31. The number of aromatic nitrogens is 2. The van der Waals surface area contributed by atoms with E-state index in [2.05, 4.69) is 24.1 Å². The maximum Gasteiger partial charge on any atom is 0.240 e. The molecule has 1 aromatic heterocycles. The average molecular weight is 210 g/mol. The summed E-state index contributed by atoms with van der Waals surface area (Å²) in [7, 11) is 1.84. The van der Waals surface area contributed by atoms with E-state index in [-0.39, 0.29) is 5.91 Å². The minimum absolute atomic E-state index is 0.376. The molecule has 5 nitrogen and oxygen atoms in total. The number of nitrogens with one attached hydrogen (secondary N) is 1. The monoisotopic (exact) mass is 210 g/mol. The third-order valence-electron chi connectivity index (χ3n) is 2.16. The van der Waals surface area contributed by atoms with E-state index in [1.165, 1.54) is 0 Å². The molecule has 0 bridgehead atoms. The molecule has 0 aliphatic carbocycles. The summed E-state index contributed by atoms with van der Waals surface area (Å²) >= 11 is 0. The highest BCUT2D eigenvalue weighted by Crippen LogP contribution is 2.11. The number of amides is 1. The molecule has 5 heteroatoms. The minimum atomic E-state index is -0.458. The Bertz CT molecular complexity index is 332. The maximum absolute atomic E-state index is 11.3. The zero-order valence-electron chi connectivity index (χ0n) is 9.40. The molecule has 1 aromatic rings. The van der Waals surface area contributed by atoms with Crippen LogP contribution in [0.15, 0.2) is 12.5 Å². The van der Waals surface area contributed by atoms with E-state index < -0.39 is 6.04 Å². The summed E-state index contributed by atoms with van der Waals surface area (Å²) in [5.74, 6) is 0.0966. The van der Waals surface area contributed by atoms with Crippen molar-refractivity contribution < 1.29 is 4.79 Å². The van der Waals surface area contributed by atoms with Crippen LogP contribution in [0, 0.1) is 5.92 Å². The molecule has 0 saturated carbocycles. The molecule has 84 valence electrons. The predicted molar refractivity (Wildman–Crippen MR) is 58.0 cm³/mol. The van der Waals surface area contributed by atoms with Crippen molar-refractivity contribution in [2.45, 2.75) is 19.9 Å². The zero-order valence-corrected chi connectivity index (χ0v) is 9.40. The molecule has 0 fully saturated rings. The van der Waals surface area contributed by atoms with Gasteiger partial charge in [0.15, 0.2) is 0 Å². The van der Waals surface area contributed by atoms with Gasteiger partial charge in [0.1, 0.15) is 6.04 Å². The van der Waals surface area contributed by atoms with Crippen LogP contribution in [0.3, 0.4) is 0 Å². The number of carbonyl (C=O) groups excluding carboxylic acids is 1. The van der Waals surface area contributed by atoms with Crippen LogP contribution in [-0.2, 0) is 11.8 Å². The smallest absolute Gasteiger partial charge is 0.240 e. The van der Waals surface area contributed by atoms with Gasteiger partial charge in [-0.25, -0.2) is 4.98 Å². The van der Waals surface area contributed by atoms with Crippen molar-refractivity contribution >= 4 is 5.91 Å². The number of imidazole rings is 1. The standard InChI is InChI=1S/C10H18N4O/c1-7(2)4-13-9(10(11)15)8-5-12-6-14(8)3/h5-7,9,13H,4H2,1-3H3,(H2,11,15). The Morgan fingerprint density at radius 3 is 2.73 bits per heavy atom. The lowest BCUT2D eigenvalue weighted by Crippen LogP contribution is -2.36. The average Bonchev–Trinajstić information content (AvgIpc) is 2.51. The van der Waals surface area contributed by atoms with E-state index in [4.69, 9.17) is 5.73 Å². The second-order valence-corrected chi connectivity index (χ2v) is 4.07. The number of hydrogen-bond acceptors (Lipinski definition) is 3. The first-order chi connectivity index (χ1) is 7.02. The van der Waals surface area contributed by atoms with Gasteiger partial charge < -0.3 is 15.6 Å². The van der Waals surface area contributed by atoms with Crippen molar-refractivity contribution in [1.82, 2.24) is 14.9 Å². The summed E-state index contributed by atoms with van der Waals surface area (Å²) in [6.45, 7) is 4.90. The fraction of sp³-hybridized carbons (Fsp3) is 0.600. The van der Waals surface area contributed by atoms with Crippen LogP contribution in [0.1, 0.15) is 25.6 Å². The van der Waals surface area contributed by atoms with Gasteiger partial charge in [-0.1, -0.05) is 13.8 Å². The summed E-state index contributed by atoms with van der Waals surface area (Å²) in [5.41, 5.74) is 6.14. The first-order valence-corrected chi connectivity index (χ1v) is 5.01. The van der Waals surface area contributed by atoms with Crippen molar-refractivity contribution in [1.29, 1.82) is 0 Å². The van der Waals surface area contributed by atoms with Crippen LogP contribution < -0.4 is 11.1 Å². The molecule has 1 unspecified atom stereocenters. The van der Waals surface area contributed by atoms with E-state index in [0.717, 1.165) is 12.2 Å². The van der Waals surface area contributed by atoms with Gasteiger partial charge >= 0.3 is 0 Å². The largest absolute Gasteiger partial charge is 0.368 e. The molecule has 1 rings (SSSR count). The fourth-order valence-corrected chi connectivity index (χ4v) is 1.35. The molecule has 3 N–H and O–H groups in total. The molecule has 0 aliphatic rings. The topological polar surface area (TPSA) is 72.9 Å². The third kappa shape index (κ3) is 3.06. The highest BCUT2D eigenvalue weighted by Gasteiger charge is 2.20. The van der Waals surface area contributed by atoms with E-state index in [0.29, 0.717) is 5.92 Å².